The molecular weight excluding hydrogens is 197 g/mol. The van der Waals surface area contributed by atoms with E-state index in [1.54, 1.807) is 7.05 Å². The highest BCUT2D eigenvalue weighted by atomic mass is 19.1. The number of rotatable bonds is 3. The highest BCUT2D eigenvalue weighted by Gasteiger charge is 2.29. The van der Waals surface area contributed by atoms with Crippen molar-refractivity contribution in [2.24, 2.45) is 4.99 Å². The molecule has 0 bridgehead atoms. The van der Waals surface area contributed by atoms with E-state index in [0.717, 1.165) is 0 Å². The Kier molecular flexibility index (Phi) is 4.81. The summed E-state index contributed by atoms with van der Waals surface area (Å²) < 4.78 is 18.5. The smallest absolute Gasteiger partial charge is 0.284 e. The van der Waals surface area contributed by atoms with Gasteiger partial charge in [-0.3, -0.25) is 4.90 Å². The zero-order chi connectivity index (χ0) is 11.3. The summed E-state index contributed by atoms with van der Waals surface area (Å²) in [6.45, 7) is 3.63. The first kappa shape index (κ1) is 12.2. The summed E-state index contributed by atoms with van der Waals surface area (Å²) in [5.41, 5.74) is 0. The molecule has 1 aliphatic heterocycles. The zero-order valence-electron chi connectivity index (χ0n) is 9.66. The van der Waals surface area contributed by atoms with Gasteiger partial charge in [0, 0.05) is 26.2 Å². The van der Waals surface area contributed by atoms with E-state index in [-0.39, 0.29) is 6.04 Å². The molecule has 88 valence electrons. The molecule has 0 aromatic heterocycles. The van der Waals surface area contributed by atoms with Gasteiger partial charge >= 0.3 is 0 Å². The number of hydrogen-bond donors (Lipinski definition) is 1. The van der Waals surface area contributed by atoms with Crippen LogP contribution in [-0.4, -0.2) is 56.9 Å². The Morgan fingerprint density at radius 2 is 2.40 bits per heavy atom. The average Bonchev–Trinajstić information content (AvgIpc) is 2.52. The number of halogens is 1. The summed E-state index contributed by atoms with van der Waals surface area (Å²) in [5, 5.41) is 2.87. The maximum absolute atomic E-state index is 13.0. The third-order valence-corrected chi connectivity index (χ3v) is 2.57. The molecule has 0 spiro atoms. The molecule has 1 saturated heterocycles. The Balaban J connectivity index is 2.33. The SMILES string of the molecule is CC/N=C(\NC)OC[C@@H]1C[C@@H](F)CN1C. The Hall–Kier alpha value is -0.840. The molecule has 0 aromatic carbocycles. The summed E-state index contributed by atoms with van der Waals surface area (Å²) in [6.07, 6.45) is -0.163. The molecule has 1 heterocycles. The third kappa shape index (κ3) is 3.66. The lowest BCUT2D eigenvalue weighted by Gasteiger charge is -2.19. The van der Waals surface area contributed by atoms with Crippen LogP contribution in [0.1, 0.15) is 13.3 Å². The normalized spacial score (nSPS) is 28.1. The van der Waals surface area contributed by atoms with Gasteiger partial charge in [-0.05, 0) is 20.4 Å². The molecule has 0 radical (unpaired) electrons. The molecule has 1 aliphatic rings. The number of amidine groups is 1. The standard InChI is InChI=1S/C10H20FN3O/c1-4-13-10(12-2)15-7-9-5-8(11)6-14(9)3/h8-9H,4-7H2,1-3H3,(H,12,13)/t8-,9+/m1/s1. The monoisotopic (exact) mass is 217 g/mol. The van der Waals surface area contributed by atoms with Crippen molar-refractivity contribution in [3.8, 4) is 0 Å². The zero-order valence-corrected chi connectivity index (χ0v) is 9.66. The van der Waals surface area contributed by atoms with E-state index < -0.39 is 6.17 Å². The van der Waals surface area contributed by atoms with Gasteiger partial charge in [-0.2, -0.15) is 0 Å². The van der Waals surface area contributed by atoms with Crippen LogP contribution in [0.2, 0.25) is 0 Å². The van der Waals surface area contributed by atoms with Crippen molar-refractivity contribution in [1.29, 1.82) is 0 Å². The fraction of sp³-hybridized carbons (Fsp3) is 0.900. The van der Waals surface area contributed by atoms with Gasteiger partial charge in [-0.25, -0.2) is 9.38 Å². The molecule has 1 rings (SSSR count). The van der Waals surface area contributed by atoms with Crippen LogP contribution < -0.4 is 5.32 Å². The average molecular weight is 217 g/mol. The Morgan fingerprint density at radius 1 is 1.67 bits per heavy atom. The van der Waals surface area contributed by atoms with Gasteiger partial charge in [0.25, 0.3) is 6.02 Å². The fourth-order valence-electron chi connectivity index (χ4n) is 1.72. The van der Waals surface area contributed by atoms with Crippen LogP contribution in [0, 0.1) is 0 Å². The van der Waals surface area contributed by atoms with Crippen molar-refractivity contribution in [1.82, 2.24) is 10.2 Å². The number of alkyl halides is 1. The summed E-state index contributed by atoms with van der Waals surface area (Å²) in [7, 11) is 3.69. The number of ether oxygens (including phenoxy) is 1. The van der Waals surface area contributed by atoms with Crippen LogP contribution in [0.4, 0.5) is 4.39 Å². The Bertz CT molecular complexity index is 223. The first-order valence-electron chi connectivity index (χ1n) is 5.36. The van der Waals surface area contributed by atoms with Crippen molar-refractivity contribution >= 4 is 6.02 Å². The second-order valence-corrected chi connectivity index (χ2v) is 3.77. The van der Waals surface area contributed by atoms with Crippen molar-refractivity contribution in [3.05, 3.63) is 0 Å². The third-order valence-electron chi connectivity index (χ3n) is 2.57. The minimum absolute atomic E-state index is 0.162. The van der Waals surface area contributed by atoms with E-state index >= 15 is 0 Å². The van der Waals surface area contributed by atoms with E-state index in [4.69, 9.17) is 4.74 Å². The Morgan fingerprint density at radius 3 is 2.87 bits per heavy atom. The van der Waals surface area contributed by atoms with Gasteiger partial charge in [0.15, 0.2) is 0 Å². The van der Waals surface area contributed by atoms with Gasteiger partial charge in [-0.15, -0.1) is 0 Å². The first-order chi connectivity index (χ1) is 7.17. The molecule has 0 amide bonds. The molecule has 15 heavy (non-hydrogen) atoms. The lowest BCUT2D eigenvalue weighted by Crippen LogP contribution is -2.33. The minimum atomic E-state index is -0.718. The summed E-state index contributed by atoms with van der Waals surface area (Å²) in [5.74, 6) is 0. The number of likely N-dealkylation sites (N-methyl/N-ethyl adjacent to an activating group) is 1. The molecule has 4 nitrogen and oxygen atoms in total. The summed E-state index contributed by atoms with van der Waals surface area (Å²) >= 11 is 0. The quantitative estimate of drug-likeness (QED) is 0.557. The molecule has 2 atom stereocenters. The largest absolute Gasteiger partial charge is 0.464 e. The van der Waals surface area contributed by atoms with Crippen molar-refractivity contribution in [3.63, 3.8) is 0 Å². The van der Waals surface area contributed by atoms with Crippen molar-refractivity contribution < 1.29 is 9.13 Å². The van der Waals surface area contributed by atoms with Crippen molar-refractivity contribution in [2.45, 2.75) is 25.6 Å². The second kappa shape index (κ2) is 5.90. The number of nitrogens with one attached hydrogen (secondary N) is 1. The van der Waals surface area contributed by atoms with Crippen LogP contribution in [0.15, 0.2) is 4.99 Å². The highest BCUT2D eigenvalue weighted by Crippen LogP contribution is 2.18. The molecule has 0 aromatic rings. The fourth-order valence-corrected chi connectivity index (χ4v) is 1.72. The van der Waals surface area contributed by atoms with E-state index in [1.807, 2.05) is 18.9 Å². The molecule has 0 saturated carbocycles. The predicted octanol–water partition coefficient (Wildman–Crippen LogP) is 0.640. The van der Waals surface area contributed by atoms with Crippen LogP contribution in [0.3, 0.4) is 0 Å². The maximum atomic E-state index is 13.0. The second-order valence-electron chi connectivity index (χ2n) is 3.77. The number of aliphatic imine (C=N–C) groups is 1. The lowest BCUT2D eigenvalue weighted by atomic mass is 10.2. The molecule has 0 aliphatic carbocycles. The van der Waals surface area contributed by atoms with Crippen LogP contribution in [-0.2, 0) is 4.74 Å². The molecular formula is C10H20FN3O. The molecule has 1 N–H and O–H groups in total. The number of likely N-dealkylation sites (tertiary alicyclic amines) is 1. The summed E-state index contributed by atoms with van der Waals surface area (Å²) in [4.78, 5) is 6.11. The maximum Gasteiger partial charge on any atom is 0.284 e. The van der Waals surface area contributed by atoms with Gasteiger partial charge < -0.3 is 10.1 Å². The molecule has 1 fully saturated rings. The lowest BCUT2D eigenvalue weighted by molar-refractivity contribution is 0.184. The van der Waals surface area contributed by atoms with Gasteiger partial charge in [-0.1, -0.05) is 0 Å². The molecule has 0 unspecified atom stereocenters. The minimum Gasteiger partial charge on any atom is -0.464 e. The number of nitrogens with zero attached hydrogens (tertiary/aromatic N) is 2. The van der Waals surface area contributed by atoms with Gasteiger partial charge in [0.1, 0.15) is 12.8 Å². The van der Waals surface area contributed by atoms with E-state index in [9.17, 15) is 4.39 Å². The predicted molar refractivity (Wildman–Crippen MR) is 58.9 cm³/mol. The number of hydrogen-bond acceptors (Lipinski definition) is 3. The first-order valence-corrected chi connectivity index (χ1v) is 5.36. The van der Waals surface area contributed by atoms with Gasteiger partial charge in [0.2, 0.25) is 0 Å². The van der Waals surface area contributed by atoms with Crippen molar-refractivity contribution in [2.75, 3.05) is 33.8 Å². The molecule has 5 heteroatoms. The highest BCUT2D eigenvalue weighted by molar-refractivity contribution is 5.73. The van der Waals surface area contributed by atoms with E-state index in [2.05, 4.69) is 10.3 Å². The van der Waals surface area contributed by atoms with Gasteiger partial charge in [0.05, 0.1) is 0 Å². The van der Waals surface area contributed by atoms with E-state index in [1.165, 1.54) is 0 Å². The van der Waals surface area contributed by atoms with E-state index in [0.29, 0.717) is 32.1 Å². The van der Waals surface area contributed by atoms with Crippen LogP contribution in [0.5, 0.6) is 0 Å². The topological polar surface area (TPSA) is 36.9 Å². The Labute approximate surface area is 90.5 Å². The van der Waals surface area contributed by atoms with Crippen LogP contribution in [0.25, 0.3) is 0 Å². The summed E-state index contributed by atoms with van der Waals surface area (Å²) in [6, 6.07) is 0.698. The van der Waals surface area contributed by atoms with Crippen LogP contribution >= 0.6 is 0 Å².